The third-order valence-electron chi connectivity index (χ3n) is 4.38. The Kier molecular flexibility index (Phi) is 5.26. The number of benzene rings is 1. The number of aliphatic hydroxyl groups excluding tert-OH is 1. The van der Waals surface area contributed by atoms with E-state index in [1.807, 2.05) is 18.2 Å². The van der Waals surface area contributed by atoms with Gasteiger partial charge in [-0.25, -0.2) is 0 Å². The highest BCUT2D eigenvalue weighted by Gasteiger charge is 2.33. The van der Waals surface area contributed by atoms with Gasteiger partial charge in [0.15, 0.2) is 0 Å². The van der Waals surface area contributed by atoms with Crippen molar-refractivity contribution >= 4 is 11.6 Å². The summed E-state index contributed by atoms with van der Waals surface area (Å²) in [6.45, 7) is 3.37. The van der Waals surface area contributed by atoms with Gasteiger partial charge in [-0.1, -0.05) is 43.5 Å². The summed E-state index contributed by atoms with van der Waals surface area (Å²) in [5, 5.41) is 14.1. The molecule has 0 spiro atoms. The van der Waals surface area contributed by atoms with E-state index in [1.165, 1.54) is 18.4 Å². The molecule has 1 unspecified atom stereocenters. The molecule has 1 aromatic carbocycles. The first-order valence-corrected chi connectivity index (χ1v) is 7.67. The standard InChI is InChI=1S/C16H24ClNO/c1-2-15(13-6-5-7-14(17)10-13)18-11-16(12-19)8-3-4-9-16/h5-7,10,15,18-19H,2-4,8-9,11-12H2,1H3. The van der Waals surface area contributed by atoms with Crippen LogP contribution in [0.5, 0.6) is 0 Å². The maximum Gasteiger partial charge on any atom is 0.0499 e. The number of hydrogen-bond donors (Lipinski definition) is 2. The molecule has 0 aliphatic heterocycles. The topological polar surface area (TPSA) is 32.3 Å². The van der Waals surface area contributed by atoms with Gasteiger partial charge in [-0.3, -0.25) is 0 Å². The summed E-state index contributed by atoms with van der Waals surface area (Å²) in [5.41, 5.74) is 1.34. The Bertz CT molecular complexity index is 401. The van der Waals surface area contributed by atoms with E-state index in [-0.39, 0.29) is 5.41 Å². The molecule has 0 aromatic heterocycles. The lowest BCUT2D eigenvalue weighted by atomic mass is 9.86. The fourth-order valence-electron chi connectivity index (χ4n) is 3.08. The summed E-state index contributed by atoms with van der Waals surface area (Å²) < 4.78 is 0. The first-order valence-electron chi connectivity index (χ1n) is 7.29. The van der Waals surface area contributed by atoms with Crippen molar-refractivity contribution in [2.75, 3.05) is 13.2 Å². The second kappa shape index (κ2) is 6.74. The van der Waals surface area contributed by atoms with E-state index in [0.29, 0.717) is 12.6 Å². The second-order valence-electron chi connectivity index (χ2n) is 5.76. The average Bonchev–Trinajstić information content (AvgIpc) is 2.89. The molecule has 3 heteroatoms. The van der Waals surface area contributed by atoms with Crippen LogP contribution in [0, 0.1) is 5.41 Å². The Hall–Kier alpha value is -0.570. The third-order valence-corrected chi connectivity index (χ3v) is 4.62. The highest BCUT2D eigenvalue weighted by Crippen LogP contribution is 2.37. The Labute approximate surface area is 121 Å². The molecule has 1 aliphatic carbocycles. The van der Waals surface area contributed by atoms with Crippen LogP contribution < -0.4 is 5.32 Å². The van der Waals surface area contributed by atoms with Crippen LogP contribution in [0.2, 0.25) is 5.02 Å². The molecule has 1 saturated carbocycles. The summed E-state index contributed by atoms with van der Waals surface area (Å²) in [4.78, 5) is 0. The SMILES string of the molecule is CCC(NCC1(CO)CCCC1)c1cccc(Cl)c1. The van der Waals surface area contributed by atoms with Crippen LogP contribution in [0.1, 0.15) is 50.6 Å². The van der Waals surface area contributed by atoms with Crippen LogP contribution in [-0.4, -0.2) is 18.3 Å². The summed E-state index contributed by atoms with van der Waals surface area (Å²) in [6.07, 6.45) is 5.80. The van der Waals surface area contributed by atoms with E-state index in [9.17, 15) is 5.11 Å². The average molecular weight is 282 g/mol. The molecule has 2 nitrogen and oxygen atoms in total. The molecule has 2 N–H and O–H groups in total. The van der Waals surface area contributed by atoms with Crippen molar-refractivity contribution in [3.05, 3.63) is 34.9 Å². The van der Waals surface area contributed by atoms with Crippen molar-refractivity contribution in [2.24, 2.45) is 5.41 Å². The molecule has 0 heterocycles. The molecule has 106 valence electrons. The third kappa shape index (κ3) is 3.71. The Morgan fingerprint density at radius 1 is 1.37 bits per heavy atom. The maximum atomic E-state index is 9.66. The first-order chi connectivity index (χ1) is 9.19. The van der Waals surface area contributed by atoms with Crippen LogP contribution in [0.4, 0.5) is 0 Å². The van der Waals surface area contributed by atoms with Crippen LogP contribution >= 0.6 is 11.6 Å². The molecule has 0 saturated heterocycles. The number of halogens is 1. The Morgan fingerprint density at radius 3 is 2.68 bits per heavy atom. The zero-order valence-corrected chi connectivity index (χ0v) is 12.4. The van der Waals surface area contributed by atoms with Crippen molar-refractivity contribution < 1.29 is 5.11 Å². The van der Waals surface area contributed by atoms with Crippen LogP contribution in [0.3, 0.4) is 0 Å². The smallest absolute Gasteiger partial charge is 0.0499 e. The molecule has 19 heavy (non-hydrogen) atoms. The number of rotatable bonds is 6. The van der Waals surface area contributed by atoms with Gasteiger partial charge in [0.05, 0.1) is 0 Å². The molecular formula is C16H24ClNO. The molecule has 0 bridgehead atoms. The summed E-state index contributed by atoms with van der Waals surface area (Å²) in [6, 6.07) is 8.38. The van der Waals surface area contributed by atoms with Gasteiger partial charge in [-0.05, 0) is 37.0 Å². The van der Waals surface area contributed by atoms with Crippen molar-refractivity contribution in [1.82, 2.24) is 5.32 Å². The lowest BCUT2D eigenvalue weighted by Gasteiger charge is -2.29. The Balaban J connectivity index is 1.99. The van der Waals surface area contributed by atoms with E-state index in [1.54, 1.807) is 0 Å². The highest BCUT2D eigenvalue weighted by atomic mass is 35.5. The maximum absolute atomic E-state index is 9.66. The number of hydrogen-bond acceptors (Lipinski definition) is 2. The monoisotopic (exact) mass is 281 g/mol. The van der Waals surface area contributed by atoms with Crippen LogP contribution in [0.15, 0.2) is 24.3 Å². The fourth-order valence-corrected chi connectivity index (χ4v) is 3.28. The minimum absolute atomic E-state index is 0.103. The molecule has 2 rings (SSSR count). The van der Waals surface area contributed by atoms with Crippen molar-refractivity contribution in [3.63, 3.8) is 0 Å². The van der Waals surface area contributed by atoms with E-state index in [0.717, 1.165) is 30.8 Å². The van der Waals surface area contributed by atoms with Crippen molar-refractivity contribution in [2.45, 2.75) is 45.1 Å². The van der Waals surface area contributed by atoms with Gasteiger partial charge in [-0.15, -0.1) is 0 Å². The first kappa shape index (κ1) is 14.8. The molecule has 0 amide bonds. The van der Waals surface area contributed by atoms with Crippen LogP contribution in [0.25, 0.3) is 0 Å². The minimum atomic E-state index is 0.103. The predicted octanol–water partition coefficient (Wildman–Crippen LogP) is 3.93. The summed E-state index contributed by atoms with van der Waals surface area (Å²) >= 11 is 6.06. The van der Waals surface area contributed by atoms with Gasteiger partial charge in [0.25, 0.3) is 0 Å². The Morgan fingerprint density at radius 2 is 2.11 bits per heavy atom. The molecule has 1 atom stereocenters. The van der Waals surface area contributed by atoms with Gasteiger partial charge in [0, 0.05) is 29.6 Å². The van der Waals surface area contributed by atoms with Gasteiger partial charge in [0.2, 0.25) is 0 Å². The highest BCUT2D eigenvalue weighted by molar-refractivity contribution is 6.30. The normalized spacial score (nSPS) is 19.5. The lowest BCUT2D eigenvalue weighted by molar-refractivity contribution is 0.124. The minimum Gasteiger partial charge on any atom is -0.396 e. The van der Waals surface area contributed by atoms with E-state index in [2.05, 4.69) is 18.3 Å². The summed E-state index contributed by atoms with van der Waals surface area (Å²) in [5.74, 6) is 0. The van der Waals surface area contributed by atoms with Gasteiger partial charge in [-0.2, -0.15) is 0 Å². The number of nitrogens with one attached hydrogen (secondary N) is 1. The summed E-state index contributed by atoms with van der Waals surface area (Å²) in [7, 11) is 0. The van der Waals surface area contributed by atoms with Gasteiger partial charge < -0.3 is 10.4 Å². The molecule has 1 aromatic rings. The van der Waals surface area contributed by atoms with Gasteiger partial charge in [0.1, 0.15) is 0 Å². The van der Waals surface area contributed by atoms with Crippen molar-refractivity contribution in [3.8, 4) is 0 Å². The number of aliphatic hydroxyl groups is 1. The van der Waals surface area contributed by atoms with E-state index in [4.69, 9.17) is 11.6 Å². The molecular weight excluding hydrogens is 258 g/mol. The zero-order chi connectivity index (χ0) is 13.7. The van der Waals surface area contributed by atoms with Crippen molar-refractivity contribution in [1.29, 1.82) is 0 Å². The predicted molar refractivity (Wildman–Crippen MR) is 80.5 cm³/mol. The fraction of sp³-hybridized carbons (Fsp3) is 0.625. The zero-order valence-electron chi connectivity index (χ0n) is 11.7. The largest absolute Gasteiger partial charge is 0.396 e. The second-order valence-corrected chi connectivity index (χ2v) is 6.20. The molecule has 0 radical (unpaired) electrons. The molecule has 1 fully saturated rings. The van der Waals surface area contributed by atoms with E-state index >= 15 is 0 Å². The lowest BCUT2D eigenvalue weighted by Crippen LogP contribution is -2.37. The quantitative estimate of drug-likeness (QED) is 0.828. The van der Waals surface area contributed by atoms with Gasteiger partial charge >= 0.3 is 0 Å². The molecule has 1 aliphatic rings. The van der Waals surface area contributed by atoms with Crippen LogP contribution in [-0.2, 0) is 0 Å². The van der Waals surface area contributed by atoms with E-state index < -0.39 is 0 Å².